The topological polar surface area (TPSA) is 41.1 Å². The molecule has 1 fully saturated rings. The zero-order valence-electron chi connectivity index (χ0n) is 13.5. The summed E-state index contributed by atoms with van der Waals surface area (Å²) >= 11 is 1.74. The van der Waals surface area contributed by atoms with Gasteiger partial charge < -0.3 is 10.6 Å². The summed E-state index contributed by atoms with van der Waals surface area (Å²) in [5, 5.41) is 6.40. The van der Waals surface area contributed by atoms with E-state index in [2.05, 4.69) is 34.9 Å². The van der Waals surface area contributed by atoms with Gasteiger partial charge >= 0.3 is 0 Å². The zero-order valence-corrected chi connectivity index (χ0v) is 15.2. The minimum absolute atomic E-state index is 0. The van der Waals surface area contributed by atoms with E-state index in [0.29, 0.717) is 6.54 Å². The summed E-state index contributed by atoms with van der Waals surface area (Å²) < 4.78 is 0. The fourth-order valence-corrected chi connectivity index (χ4v) is 3.73. The molecule has 3 rings (SSSR count). The first-order valence-electron chi connectivity index (χ1n) is 8.12. The summed E-state index contributed by atoms with van der Waals surface area (Å²) in [6, 6.07) is 18.6. The van der Waals surface area contributed by atoms with Gasteiger partial charge in [0.2, 0.25) is 5.91 Å². The molecule has 1 amide bonds. The number of rotatable bonds is 5. The average molecular weight is 363 g/mol. The predicted octanol–water partition coefficient (Wildman–Crippen LogP) is 3.88. The van der Waals surface area contributed by atoms with Crippen molar-refractivity contribution in [2.45, 2.75) is 29.2 Å². The van der Waals surface area contributed by atoms with Crippen molar-refractivity contribution in [3.63, 3.8) is 0 Å². The Kier molecular flexibility index (Phi) is 7.63. The largest absolute Gasteiger partial charge is 0.352 e. The Morgan fingerprint density at radius 3 is 2.62 bits per heavy atom. The SMILES string of the molecule is Cl.O=C(NCc1ccccc1Sc1ccccc1)C1CCCNC1. The Morgan fingerprint density at radius 1 is 1.12 bits per heavy atom. The van der Waals surface area contributed by atoms with Crippen molar-refractivity contribution in [1.82, 2.24) is 10.6 Å². The van der Waals surface area contributed by atoms with Crippen LogP contribution >= 0.6 is 24.2 Å². The number of nitrogens with one attached hydrogen (secondary N) is 2. The highest BCUT2D eigenvalue weighted by Crippen LogP contribution is 2.30. The molecule has 5 heteroatoms. The summed E-state index contributed by atoms with van der Waals surface area (Å²) in [4.78, 5) is 14.7. The van der Waals surface area contributed by atoms with Crippen molar-refractivity contribution in [2.75, 3.05) is 13.1 Å². The molecule has 0 radical (unpaired) electrons. The van der Waals surface area contributed by atoms with Gasteiger partial charge in [-0.05, 0) is 43.1 Å². The Balaban J connectivity index is 0.00000208. The van der Waals surface area contributed by atoms with Crippen LogP contribution < -0.4 is 10.6 Å². The standard InChI is InChI=1S/C19H22N2OS.ClH/c22-19(16-8-6-12-20-13-16)21-14-15-7-4-5-11-18(15)23-17-9-2-1-3-10-17;/h1-5,7,9-11,16,20H,6,8,12-14H2,(H,21,22);1H. The third-order valence-corrected chi connectivity index (χ3v) is 5.19. The Hall–Kier alpha value is -1.49. The molecular formula is C19H23ClN2OS. The van der Waals surface area contributed by atoms with E-state index in [1.54, 1.807) is 11.8 Å². The molecule has 1 heterocycles. The Bertz CT molecular complexity index is 645. The maximum atomic E-state index is 12.3. The summed E-state index contributed by atoms with van der Waals surface area (Å²) in [6.07, 6.45) is 2.07. The second kappa shape index (κ2) is 9.72. The smallest absolute Gasteiger partial charge is 0.224 e. The fraction of sp³-hybridized carbons (Fsp3) is 0.316. The van der Waals surface area contributed by atoms with Gasteiger partial charge in [-0.3, -0.25) is 4.79 Å². The van der Waals surface area contributed by atoms with E-state index >= 15 is 0 Å². The average Bonchev–Trinajstić information content (AvgIpc) is 2.62. The van der Waals surface area contributed by atoms with E-state index in [4.69, 9.17) is 0 Å². The minimum atomic E-state index is 0. The second-order valence-electron chi connectivity index (χ2n) is 5.78. The maximum Gasteiger partial charge on any atom is 0.224 e. The van der Waals surface area contributed by atoms with Crippen LogP contribution in [0, 0.1) is 5.92 Å². The van der Waals surface area contributed by atoms with Crippen molar-refractivity contribution in [1.29, 1.82) is 0 Å². The molecule has 1 aliphatic rings. The van der Waals surface area contributed by atoms with Crippen molar-refractivity contribution in [2.24, 2.45) is 5.92 Å². The molecule has 2 aromatic rings. The number of benzene rings is 2. The van der Waals surface area contributed by atoms with E-state index in [1.165, 1.54) is 15.4 Å². The number of hydrogen-bond acceptors (Lipinski definition) is 3. The molecular weight excluding hydrogens is 340 g/mol. The third kappa shape index (κ3) is 5.26. The van der Waals surface area contributed by atoms with Gasteiger partial charge in [0.25, 0.3) is 0 Å². The Morgan fingerprint density at radius 2 is 1.88 bits per heavy atom. The molecule has 3 nitrogen and oxygen atoms in total. The molecule has 0 aliphatic carbocycles. The zero-order chi connectivity index (χ0) is 15.9. The second-order valence-corrected chi connectivity index (χ2v) is 6.90. The summed E-state index contributed by atoms with van der Waals surface area (Å²) in [7, 11) is 0. The summed E-state index contributed by atoms with van der Waals surface area (Å²) in [6.45, 7) is 2.41. The quantitative estimate of drug-likeness (QED) is 0.848. The minimum Gasteiger partial charge on any atom is -0.352 e. The van der Waals surface area contributed by atoms with Crippen LogP contribution in [0.25, 0.3) is 0 Å². The van der Waals surface area contributed by atoms with Crippen molar-refractivity contribution >= 4 is 30.1 Å². The van der Waals surface area contributed by atoms with Crippen LogP contribution in [0.1, 0.15) is 18.4 Å². The predicted molar refractivity (Wildman–Crippen MR) is 102 cm³/mol. The molecule has 2 aromatic carbocycles. The van der Waals surface area contributed by atoms with Crippen LogP contribution in [0.15, 0.2) is 64.4 Å². The highest BCUT2D eigenvalue weighted by atomic mass is 35.5. The number of hydrogen-bond donors (Lipinski definition) is 2. The van der Waals surface area contributed by atoms with Gasteiger partial charge in [-0.2, -0.15) is 0 Å². The van der Waals surface area contributed by atoms with Gasteiger partial charge in [0.15, 0.2) is 0 Å². The van der Waals surface area contributed by atoms with Crippen LogP contribution in [0.5, 0.6) is 0 Å². The third-order valence-electron chi connectivity index (χ3n) is 4.06. The number of halogens is 1. The first kappa shape index (κ1) is 18.8. The van der Waals surface area contributed by atoms with E-state index < -0.39 is 0 Å². The highest BCUT2D eigenvalue weighted by molar-refractivity contribution is 7.99. The molecule has 0 spiro atoms. The van der Waals surface area contributed by atoms with E-state index in [1.807, 2.05) is 30.3 Å². The van der Waals surface area contributed by atoms with Crippen LogP contribution in [0.2, 0.25) is 0 Å². The van der Waals surface area contributed by atoms with Crippen LogP contribution in [-0.2, 0) is 11.3 Å². The monoisotopic (exact) mass is 362 g/mol. The van der Waals surface area contributed by atoms with Crippen molar-refractivity contribution in [3.05, 3.63) is 60.2 Å². The van der Waals surface area contributed by atoms with Gasteiger partial charge in [0, 0.05) is 22.9 Å². The fourth-order valence-electron chi connectivity index (χ4n) is 2.77. The van der Waals surface area contributed by atoms with Gasteiger partial charge in [0.05, 0.1) is 5.92 Å². The first-order valence-corrected chi connectivity index (χ1v) is 8.94. The lowest BCUT2D eigenvalue weighted by Gasteiger charge is -2.22. The van der Waals surface area contributed by atoms with Gasteiger partial charge in [-0.15, -0.1) is 12.4 Å². The number of carbonyl (C=O) groups excluding carboxylic acids is 1. The summed E-state index contributed by atoms with van der Waals surface area (Å²) in [5.74, 6) is 0.273. The molecule has 1 aliphatic heterocycles. The molecule has 1 saturated heterocycles. The molecule has 0 bridgehead atoms. The van der Waals surface area contributed by atoms with E-state index in [9.17, 15) is 4.79 Å². The Labute approximate surface area is 154 Å². The summed E-state index contributed by atoms with van der Waals surface area (Å²) in [5.41, 5.74) is 1.17. The number of piperidine rings is 1. The van der Waals surface area contributed by atoms with Crippen LogP contribution in [-0.4, -0.2) is 19.0 Å². The van der Waals surface area contributed by atoms with E-state index in [-0.39, 0.29) is 24.2 Å². The van der Waals surface area contributed by atoms with Crippen molar-refractivity contribution in [3.8, 4) is 0 Å². The maximum absolute atomic E-state index is 12.3. The normalized spacial score (nSPS) is 16.9. The molecule has 0 saturated carbocycles. The van der Waals surface area contributed by atoms with Gasteiger partial charge in [-0.25, -0.2) is 0 Å². The lowest BCUT2D eigenvalue weighted by molar-refractivity contribution is -0.125. The molecule has 2 N–H and O–H groups in total. The van der Waals surface area contributed by atoms with Crippen molar-refractivity contribution < 1.29 is 4.79 Å². The molecule has 1 atom stereocenters. The first-order chi connectivity index (χ1) is 11.3. The lowest BCUT2D eigenvalue weighted by Crippen LogP contribution is -2.40. The number of carbonyl (C=O) groups is 1. The van der Waals surface area contributed by atoms with Crippen LogP contribution in [0.3, 0.4) is 0 Å². The lowest BCUT2D eigenvalue weighted by atomic mass is 9.99. The van der Waals surface area contributed by atoms with Gasteiger partial charge in [0.1, 0.15) is 0 Å². The van der Waals surface area contributed by atoms with Crippen LogP contribution in [0.4, 0.5) is 0 Å². The molecule has 128 valence electrons. The molecule has 1 unspecified atom stereocenters. The highest BCUT2D eigenvalue weighted by Gasteiger charge is 2.20. The molecule has 0 aromatic heterocycles. The molecule has 24 heavy (non-hydrogen) atoms. The van der Waals surface area contributed by atoms with E-state index in [0.717, 1.165) is 25.9 Å². The number of amides is 1. The van der Waals surface area contributed by atoms with Gasteiger partial charge in [-0.1, -0.05) is 48.2 Å².